The summed E-state index contributed by atoms with van der Waals surface area (Å²) in [6.45, 7) is 4.13. The van der Waals surface area contributed by atoms with Crippen LogP contribution in [0.3, 0.4) is 0 Å². The van der Waals surface area contributed by atoms with E-state index >= 15 is 0 Å². The molecule has 0 saturated heterocycles. The molecule has 2 atom stereocenters. The number of halogens is 1. The van der Waals surface area contributed by atoms with Gasteiger partial charge in [-0.15, -0.1) is 0 Å². The number of ether oxygens (including phenoxy) is 1. The van der Waals surface area contributed by atoms with E-state index in [2.05, 4.69) is 19.2 Å². The number of hydrogen-bond donors (Lipinski definition) is 1. The van der Waals surface area contributed by atoms with E-state index in [4.69, 9.17) is 4.74 Å². The standard InChI is InChI=1S/C14H22FNO/c1-5-14(2,17-4)13(16-3)10-11-8-6-7-9-12(11)15/h6-9,13,16H,5,10H2,1-4H3. The summed E-state index contributed by atoms with van der Waals surface area (Å²) in [7, 11) is 3.59. The van der Waals surface area contributed by atoms with Gasteiger partial charge in [0.2, 0.25) is 0 Å². The van der Waals surface area contributed by atoms with Crippen molar-refractivity contribution in [3.05, 3.63) is 35.6 Å². The number of methoxy groups -OCH3 is 1. The first-order valence-corrected chi connectivity index (χ1v) is 6.03. The first-order valence-electron chi connectivity index (χ1n) is 6.03. The lowest BCUT2D eigenvalue weighted by Gasteiger charge is -2.35. The summed E-state index contributed by atoms with van der Waals surface area (Å²) >= 11 is 0. The van der Waals surface area contributed by atoms with Gasteiger partial charge in [0.1, 0.15) is 5.82 Å². The monoisotopic (exact) mass is 239 g/mol. The second kappa shape index (κ2) is 6.12. The van der Waals surface area contributed by atoms with Crippen molar-refractivity contribution in [3.63, 3.8) is 0 Å². The Kier molecular flexibility index (Phi) is 5.09. The molecule has 1 rings (SSSR count). The van der Waals surface area contributed by atoms with Crippen LogP contribution in [0.1, 0.15) is 25.8 Å². The summed E-state index contributed by atoms with van der Waals surface area (Å²) in [5.74, 6) is -0.151. The summed E-state index contributed by atoms with van der Waals surface area (Å²) in [5, 5.41) is 3.23. The fourth-order valence-corrected chi connectivity index (χ4v) is 2.04. The Balaban J connectivity index is 2.87. The third-order valence-electron chi connectivity index (χ3n) is 3.64. The van der Waals surface area contributed by atoms with Crippen LogP contribution in [0, 0.1) is 5.82 Å². The van der Waals surface area contributed by atoms with E-state index in [1.807, 2.05) is 19.2 Å². The SMILES string of the molecule is CCC(C)(OC)C(Cc1ccccc1F)NC. The van der Waals surface area contributed by atoms with E-state index in [1.165, 1.54) is 6.07 Å². The Morgan fingerprint density at radius 2 is 2.06 bits per heavy atom. The molecule has 0 fully saturated rings. The van der Waals surface area contributed by atoms with Gasteiger partial charge in [-0.25, -0.2) is 4.39 Å². The van der Waals surface area contributed by atoms with Crippen LogP contribution in [-0.2, 0) is 11.2 Å². The van der Waals surface area contributed by atoms with Crippen LogP contribution in [-0.4, -0.2) is 25.8 Å². The van der Waals surface area contributed by atoms with Gasteiger partial charge < -0.3 is 10.1 Å². The second-order valence-electron chi connectivity index (χ2n) is 4.51. The Bertz CT molecular complexity index is 350. The maximum Gasteiger partial charge on any atom is 0.126 e. The highest BCUT2D eigenvalue weighted by Gasteiger charge is 2.31. The Morgan fingerprint density at radius 3 is 2.53 bits per heavy atom. The van der Waals surface area contributed by atoms with Gasteiger partial charge in [0.25, 0.3) is 0 Å². The summed E-state index contributed by atoms with van der Waals surface area (Å²) in [6, 6.07) is 6.99. The predicted molar refractivity (Wildman–Crippen MR) is 68.7 cm³/mol. The number of hydrogen-bond acceptors (Lipinski definition) is 2. The molecule has 0 bridgehead atoms. The highest BCUT2D eigenvalue weighted by Crippen LogP contribution is 2.23. The quantitative estimate of drug-likeness (QED) is 0.824. The van der Waals surface area contributed by atoms with Gasteiger partial charge in [-0.05, 0) is 38.4 Å². The smallest absolute Gasteiger partial charge is 0.126 e. The Morgan fingerprint density at radius 1 is 1.41 bits per heavy atom. The molecule has 2 nitrogen and oxygen atoms in total. The summed E-state index contributed by atoms with van der Waals surface area (Å²) in [6.07, 6.45) is 1.50. The maximum atomic E-state index is 13.6. The molecule has 2 unspecified atom stereocenters. The molecule has 0 amide bonds. The maximum absolute atomic E-state index is 13.6. The molecule has 0 aromatic heterocycles. The Labute approximate surface area is 103 Å². The fourth-order valence-electron chi connectivity index (χ4n) is 2.04. The van der Waals surface area contributed by atoms with E-state index in [0.717, 1.165) is 12.0 Å². The molecule has 3 heteroatoms. The van der Waals surface area contributed by atoms with Crippen LogP contribution in [0.5, 0.6) is 0 Å². The van der Waals surface area contributed by atoms with E-state index in [9.17, 15) is 4.39 Å². The van der Waals surface area contributed by atoms with Crippen LogP contribution in [0.2, 0.25) is 0 Å². The van der Waals surface area contributed by atoms with Gasteiger partial charge in [0, 0.05) is 13.2 Å². The molecular formula is C14H22FNO. The van der Waals surface area contributed by atoms with Crippen LogP contribution < -0.4 is 5.32 Å². The lowest BCUT2D eigenvalue weighted by molar-refractivity contribution is -0.0270. The third kappa shape index (κ3) is 3.27. The minimum Gasteiger partial charge on any atom is -0.377 e. The van der Waals surface area contributed by atoms with Gasteiger partial charge in [-0.3, -0.25) is 0 Å². The van der Waals surface area contributed by atoms with Crippen LogP contribution in [0.25, 0.3) is 0 Å². The molecule has 1 aromatic rings. The zero-order valence-corrected chi connectivity index (χ0v) is 11.1. The largest absolute Gasteiger partial charge is 0.377 e. The zero-order chi connectivity index (χ0) is 12.9. The summed E-state index contributed by atoms with van der Waals surface area (Å²) < 4.78 is 19.2. The topological polar surface area (TPSA) is 21.3 Å². The molecular weight excluding hydrogens is 217 g/mol. The Hall–Kier alpha value is -0.930. The minimum atomic E-state index is -0.281. The van der Waals surface area contributed by atoms with E-state index in [-0.39, 0.29) is 17.5 Å². The third-order valence-corrected chi connectivity index (χ3v) is 3.64. The molecule has 96 valence electrons. The van der Waals surface area contributed by atoms with E-state index in [0.29, 0.717) is 6.42 Å². The van der Waals surface area contributed by atoms with E-state index in [1.54, 1.807) is 13.2 Å². The van der Waals surface area contributed by atoms with Crippen molar-refractivity contribution >= 4 is 0 Å². The molecule has 17 heavy (non-hydrogen) atoms. The van der Waals surface area contributed by atoms with Gasteiger partial charge in [-0.1, -0.05) is 25.1 Å². The fraction of sp³-hybridized carbons (Fsp3) is 0.571. The van der Waals surface area contributed by atoms with Crippen LogP contribution in [0.15, 0.2) is 24.3 Å². The highest BCUT2D eigenvalue weighted by molar-refractivity contribution is 5.19. The van der Waals surface area contributed by atoms with Crippen molar-refractivity contribution in [2.45, 2.75) is 38.3 Å². The number of benzene rings is 1. The average Bonchev–Trinajstić information content (AvgIpc) is 2.37. The molecule has 1 aromatic carbocycles. The number of rotatable bonds is 6. The first-order chi connectivity index (χ1) is 8.07. The molecule has 0 saturated carbocycles. The second-order valence-corrected chi connectivity index (χ2v) is 4.51. The highest BCUT2D eigenvalue weighted by atomic mass is 19.1. The molecule has 0 aliphatic rings. The van der Waals surface area contributed by atoms with Crippen LogP contribution in [0.4, 0.5) is 4.39 Å². The first kappa shape index (κ1) is 14.1. The summed E-state index contributed by atoms with van der Waals surface area (Å²) in [5.41, 5.74) is 0.445. The van der Waals surface area contributed by atoms with Crippen molar-refractivity contribution in [1.82, 2.24) is 5.32 Å². The molecule has 0 aliphatic heterocycles. The van der Waals surface area contributed by atoms with Crippen molar-refractivity contribution in [1.29, 1.82) is 0 Å². The van der Waals surface area contributed by atoms with Gasteiger partial charge >= 0.3 is 0 Å². The van der Waals surface area contributed by atoms with Gasteiger partial charge in [0.05, 0.1) is 5.60 Å². The van der Waals surface area contributed by atoms with Crippen molar-refractivity contribution in [3.8, 4) is 0 Å². The van der Waals surface area contributed by atoms with Gasteiger partial charge in [-0.2, -0.15) is 0 Å². The van der Waals surface area contributed by atoms with Crippen molar-refractivity contribution < 1.29 is 9.13 Å². The molecule has 0 spiro atoms. The lowest BCUT2D eigenvalue weighted by Crippen LogP contribution is -2.49. The van der Waals surface area contributed by atoms with Gasteiger partial charge in [0.15, 0.2) is 0 Å². The zero-order valence-electron chi connectivity index (χ0n) is 11.1. The predicted octanol–water partition coefficient (Wildman–Crippen LogP) is 2.77. The normalized spacial score (nSPS) is 16.5. The van der Waals surface area contributed by atoms with Crippen LogP contribution >= 0.6 is 0 Å². The average molecular weight is 239 g/mol. The lowest BCUT2D eigenvalue weighted by atomic mass is 9.88. The van der Waals surface area contributed by atoms with E-state index < -0.39 is 0 Å². The molecule has 0 aliphatic carbocycles. The van der Waals surface area contributed by atoms with Crippen molar-refractivity contribution in [2.24, 2.45) is 0 Å². The summed E-state index contributed by atoms with van der Waals surface area (Å²) in [4.78, 5) is 0. The number of nitrogens with one attached hydrogen (secondary N) is 1. The minimum absolute atomic E-state index is 0.0920. The van der Waals surface area contributed by atoms with Crippen molar-refractivity contribution in [2.75, 3.05) is 14.2 Å². The molecule has 1 N–H and O–H groups in total. The molecule has 0 radical (unpaired) electrons. The molecule has 0 heterocycles. The number of likely N-dealkylation sites (N-methyl/N-ethyl adjacent to an activating group) is 1.